The molecule has 0 saturated carbocycles. The lowest BCUT2D eigenvalue weighted by atomic mass is 9.94. The number of nitrogens with zero attached hydrogens (tertiary/aromatic N) is 1. The summed E-state index contributed by atoms with van der Waals surface area (Å²) in [4.78, 5) is 30.0. The number of carboxylic acids is 1. The number of carbonyl (C=O) groups is 2. The summed E-state index contributed by atoms with van der Waals surface area (Å²) < 4.78 is 0.819. The second-order valence-electron chi connectivity index (χ2n) is 8.13. The number of pyridine rings is 1. The zero-order valence-corrected chi connectivity index (χ0v) is 21.8. The standard InChI is InChI=1S/C27H21BrCl2N2O3/c1-15-24(19-13-18(28)10-11-22(19)32-26(15)16-6-3-2-4-7-16)27(35)31-14-17(12-23(33)34)25-20(29)8-5-9-21(25)30/h2-11,13,17H,12,14H2,1H3,(H,31,35)(H,33,34)/t17-/m1/s1. The van der Waals surface area contributed by atoms with E-state index in [2.05, 4.69) is 21.2 Å². The van der Waals surface area contributed by atoms with E-state index >= 15 is 0 Å². The minimum atomic E-state index is -1.01. The number of amides is 1. The summed E-state index contributed by atoms with van der Waals surface area (Å²) in [6.45, 7) is 1.91. The minimum Gasteiger partial charge on any atom is -0.481 e. The van der Waals surface area contributed by atoms with Crippen molar-refractivity contribution in [1.29, 1.82) is 0 Å². The number of hydrogen-bond acceptors (Lipinski definition) is 3. The van der Waals surface area contributed by atoms with E-state index in [4.69, 9.17) is 28.2 Å². The summed E-state index contributed by atoms with van der Waals surface area (Å²) >= 11 is 16.2. The van der Waals surface area contributed by atoms with Crippen molar-refractivity contribution in [3.63, 3.8) is 0 Å². The van der Waals surface area contributed by atoms with E-state index in [-0.39, 0.29) is 18.9 Å². The van der Waals surface area contributed by atoms with Crippen molar-refractivity contribution in [1.82, 2.24) is 10.3 Å². The van der Waals surface area contributed by atoms with E-state index in [0.29, 0.717) is 37.8 Å². The van der Waals surface area contributed by atoms with Crippen molar-refractivity contribution in [2.45, 2.75) is 19.3 Å². The first-order valence-electron chi connectivity index (χ1n) is 10.9. The summed E-state index contributed by atoms with van der Waals surface area (Å²) in [5.74, 6) is -1.95. The highest BCUT2D eigenvalue weighted by Crippen LogP contribution is 2.34. The molecule has 3 aromatic carbocycles. The van der Waals surface area contributed by atoms with Crippen LogP contribution in [0, 0.1) is 6.92 Å². The van der Waals surface area contributed by atoms with Gasteiger partial charge in [0.1, 0.15) is 0 Å². The van der Waals surface area contributed by atoms with Gasteiger partial charge in [0.25, 0.3) is 5.91 Å². The molecule has 1 heterocycles. The van der Waals surface area contributed by atoms with Gasteiger partial charge in [0, 0.05) is 37.9 Å². The predicted octanol–water partition coefficient (Wildman–Crippen LogP) is 7.27. The highest BCUT2D eigenvalue weighted by Gasteiger charge is 2.24. The summed E-state index contributed by atoms with van der Waals surface area (Å²) in [7, 11) is 0. The predicted molar refractivity (Wildman–Crippen MR) is 143 cm³/mol. The van der Waals surface area contributed by atoms with E-state index in [1.807, 2.05) is 55.5 Å². The number of halogens is 3. The number of fused-ring (bicyclic) bond motifs is 1. The Hall–Kier alpha value is -2.93. The number of rotatable bonds is 7. The number of aliphatic carboxylic acids is 1. The summed E-state index contributed by atoms with van der Waals surface area (Å²) in [5.41, 5.74) is 4.00. The third-order valence-corrected chi connectivity index (χ3v) is 6.96. The number of carbonyl (C=O) groups excluding carboxylic acids is 1. The van der Waals surface area contributed by atoms with Crippen molar-refractivity contribution in [3.05, 3.63) is 97.9 Å². The maximum absolute atomic E-state index is 13.6. The van der Waals surface area contributed by atoms with E-state index < -0.39 is 11.9 Å². The average molecular weight is 572 g/mol. The van der Waals surface area contributed by atoms with Gasteiger partial charge in [0.05, 0.1) is 23.2 Å². The zero-order chi connectivity index (χ0) is 25.1. The van der Waals surface area contributed by atoms with Crippen LogP contribution in [-0.4, -0.2) is 28.5 Å². The Balaban J connectivity index is 1.75. The Morgan fingerprint density at radius 1 is 1.03 bits per heavy atom. The lowest BCUT2D eigenvalue weighted by Crippen LogP contribution is -2.30. The van der Waals surface area contributed by atoms with E-state index in [1.54, 1.807) is 18.2 Å². The van der Waals surface area contributed by atoms with E-state index in [0.717, 1.165) is 15.6 Å². The van der Waals surface area contributed by atoms with Crippen molar-refractivity contribution >= 4 is 61.9 Å². The van der Waals surface area contributed by atoms with Gasteiger partial charge < -0.3 is 10.4 Å². The first-order valence-corrected chi connectivity index (χ1v) is 12.4. The fraction of sp³-hybridized carbons (Fsp3) is 0.148. The monoisotopic (exact) mass is 570 g/mol. The van der Waals surface area contributed by atoms with Gasteiger partial charge in [-0.05, 0) is 48.4 Å². The SMILES string of the molecule is Cc1c(-c2ccccc2)nc2ccc(Br)cc2c1C(=O)NC[C@@H](CC(=O)O)c1c(Cl)cccc1Cl. The van der Waals surface area contributed by atoms with Crippen LogP contribution in [-0.2, 0) is 4.79 Å². The van der Waals surface area contributed by atoms with Crippen LogP contribution in [0.4, 0.5) is 0 Å². The number of carboxylic acid groups (broad SMARTS) is 1. The molecule has 4 rings (SSSR count). The number of hydrogen-bond donors (Lipinski definition) is 2. The fourth-order valence-corrected chi connectivity index (χ4v) is 5.26. The van der Waals surface area contributed by atoms with Crippen molar-refractivity contribution < 1.29 is 14.7 Å². The third kappa shape index (κ3) is 5.50. The third-order valence-electron chi connectivity index (χ3n) is 5.80. The number of nitrogens with one attached hydrogen (secondary N) is 1. The average Bonchev–Trinajstić information content (AvgIpc) is 2.82. The molecule has 4 aromatic rings. The second-order valence-corrected chi connectivity index (χ2v) is 9.86. The number of benzene rings is 3. The van der Waals surface area contributed by atoms with E-state index in [1.165, 1.54) is 0 Å². The molecule has 1 amide bonds. The first kappa shape index (κ1) is 25.2. The van der Waals surface area contributed by atoms with Crippen LogP contribution in [0.25, 0.3) is 22.2 Å². The van der Waals surface area contributed by atoms with Gasteiger partial charge in [-0.2, -0.15) is 0 Å². The van der Waals surface area contributed by atoms with Gasteiger partial charge in [0.2, 0.25) is 0 Å². The van der Waals surface area contributed by atoms with Gasteiger partial charge >= 0.3 is 5.97 Å². The zero-order valence-electron chi connectivity index (χ0n) is 18.7. The van der Waals surface area contributed by atoms with Crippen molar-refractivity contribution in [2.75, 3.05) is 6.54 Å². The molecule has 2 N–H and O–H groups in total. The fourth-order valence-electron chi connectivity index (χ4n) is 4.19. The quantitative estimate of drug-likeness (QED) is 0.244. The molecule has 1 atom stereocenters. The molecule has 0 radical (unpaired) electrons. The molecule has 35 heavy (non-hydrogen) atoms. The smallest absolute Gasteiger partial charge is 0.304 e. The van der Waals surface area contributed by atoms with Crippen LogP contribution in [0.5, 0.6) is 0 Å². The molecule has 0 spiro atoms. The first-order chi connectivity index (χ1) is 16.8. The second kappa shape index (κ2) is 10.8. The van der Waals surface area contributed by atoms with Crippen LogP contribution >= 0.6 is 39.1 Å². The van der Waals surface area contributed by atoms with Gasteiger partial charge in [0.15, 0.2) is 0 Å². The molecule has 0 aliphatic heterocycles. The van der Waals surface area contributed by atoms with Gasteiger partial charge in [-0.3, -0.25) is 9.59 Å². The molecule has 0 unspecified atom stereocenters. The number of aromatic nitrogens is 1. The summed E-state index contributed by atoms with van der Waals surface area (Å²) in [5, 5.41) is 13.8. The summed E-state index contributed by atoms with van der Waals surface area (Å²) in [6, 6.07) is 20.3. The minimum absolute atomic E-state index is 0.0481. The Morgan fingerprint density at radius 2 is 1.71 bits per heavy atom. The maximum Gasteiger partial charge on any atom is 0.304 e. The van der Waals surface area contributed by atoms with Crippen LogP contribution in [0.1, 0.15) is 33.8 Å². The molecule has 0 aliphatic carbocycles. The van der Waals surface area contributed by atoms with Gasteiger partial charge in [-0.15, -0.1) is 0 Å². The molecule has 178 valence electrons. The lowest BCUT2D eigenvalue weighted by Gasteiger charge is -2.20. The molecule has 0 bridgehead atoms. The molecule has 1 aromatic heterocycles. The molecule has 5 nitrogen and oxygen atoms in total. The molecule has 0 aliphatic rings. The van der Waals surface area contributed by atoms with Crippen LogP contribution in [0.2, 0.25) is 10.0 Å². The molecular formula is C27H21BrCl2N2O3. The topological polar surface area (TPSA) is 79.3 Å². The normalized spacial score (nSPS) is 11.9. The maximum atomic E-state index is 13.6. The highest BCUT2D eigenvalue weighted by molar-refractivity contribution is 9.10. The van der Waals surface area contributed by atoms with Gasteiger partial charge in [-0.25, -0.2) is 4.98 Å². The Kier molecular flexibility index (Phi) is 7.75. The summed E-state index contributed by atoms with van der Waals surface area (Å²) in [6.07, 6.45) is -0.235. The molecule has 8 heteroatoms. The Bertz CT molecular complexity index is 1410. The molecule has 0 fully saturated rings. The Labute approximate surface area is 221 Å². The van der Waals surface area contributed by atoms with Crippen molar-refractivity contribution in [3.8, 4) is 11.3 Å². The van der Waals surface area contributed by atoms with Crippen LogP contribution in [0.15, 0.2) is 71.2 Å². The van der Waals surface area contributed by atoms with Gasteiger partial charge in [-0.1, -0.05) is 75.5 Å². The lowest BCUT2D eigenvalue weighted by molar-refractivity contribution is -0.137. The molecule has 0 saturated heterocycles. The molecular weight excluding hydrogens is 551 g/mol. The highest BCUT2D eigenvalue weighted by atomic mass is 79.9. The van der Waals surface area contributed by atoms with Crippen LogP contribution in [0.3, 0.4) is 0 Å². The Morgan fingerprint density at radius 3 is 2.37 bits per heavy atom. The van der Waals surface area contributed by atoms with Crippen molar-refractivity contribution in [2.24, 2.45) is 0 Å². The van der Waals surface area contributed by atoms with E-state index in [9.17, 15) is 14.7 Å². The largest absolute Gasteiger partial charge is 0.481 e. The van der Waals surface area contributed by atoms with Crippen LogP contribution < -0.4 is 5.32 Å².